The normalized spacial score (nSPS) is 13.5. The topological polar surface area (TPSA) is 72.9 Å². The van der Waals surface area contributed by atoms with Gasteiger partial charge >= 0.3 is 5.97 Å². The number of benzene rings is 2. The molecule has 0 spiro atoms. The molecular weight excluding hydrogens is 346 g/mol. The zero-order chi connectivity index (χ0) is 19.6. The molecule has 6 nitrogen and oxygen atoms in total. The molecule has 0 atom stereocenters. The molecule has 0 aromatic heterocycles. The molecule has 2 aromatic rings. The van der Waals surface area contributed by atoms with E-state index in [2.05, 4.69) is 4.74 Å². The van der Waals surface area contributed by atoms with Crippen molar-refractivity contribution in [3.05, 3.63) is 47.0 Å². The molecule has 1 aliphatic rings. The molecule has 2 aromatic carbocycles. The van der Waals surface area contributed by atoms with E-state index in [-0.39, 0.29) is 11.8 Å². The van der Waals surface area contributed by atoms with Crippen molar-refractivity contribution in [1.29, 1.82) is 0 Å². The van der Waals surface area contributed by atoms with Gasteiger partial charge in [0, 0.05) is 29.0 Å². The first kappa shape index (κ1) is 18.6. The van der Waals surface area contributed by atoms with E-state index in [0.29, 0.717) is 39.8 Å². The third-order valence-electron chi connectivity index (χ3n) is 4.65. The summed E-state index contributed by atoms with van der Waals surface area (Å²) in [6.07, 6.45) is 4.36. The minimum absolute atomic E-state index is 0.303. The Labute approximate surface area is 157 Å². The standard InChI is InChI=1S/C21H21NO5/c1-4-5-11-22-20(24)15-8-6-7-14-16(26-2)12-13(9-10-17(23)27-3)18(19(14)15)21(22)25/h6-10,12H,4-5,11H2,1-3H3/b10-9+. The molecule has 0 aliphatic carbocycles. The third kappa shape index (κ3) is 3.18. The Morgan fingerprint density at radius 2 is 1.96 bits per heavy atom. The second kappa shape index (κ2) is 7.61. The average Bonchev–Trinajstić information content (AvgIpc) is 2.69. The first-order chi connectivity index (χ1) is 13.0. The maximum absolute atomic E-state index is 13.2. The highest BCUT2D eigenvalue weighted by atomic mass is 16.5. The Balaban J connectivity index is 2.29. The SMILES string of the molecule is CCCCN1C(=O)c2cccc3c(OC)cc(/C=C/C(=O)OC)c(c23)C1=O. The maximum atomic E-state index is 13.2. The zero-order valence-corrected chi connectivity index (χ0v) is 15.6. The van der Waals surface area contributed by atoms with Crippen molar-refractivity contribution in [3.8, 4) is 5.75 Å². The fourth-order valence-corrected chi connectivity index (χ4v) is 3.29. The number of esters is 1. The van der Waals surface area contributed by atoms with Crippen LogP contribution in [0, 0.1) is 0 Å². The van der Waals surface area contributed by atoms with Gasteiger partial charge in [-0.3, -0.25) is 14.5 Å². The van der Waals surface area contributed by atoms with E-state index >= 15 is 0 Å². The van der Waals surface area contributed by atoms with Gasteiger partial charge in [-0.25, -0.2) is 4.79 Å². The quantitative estimate of drug-likeness (QED) is 0.444. The lowest BCUT2D eigenvalue weighted by atomic mass is 9.89. The summed E-state index contributed by atoms with van der Waals surface area (Å²) < 4.78 is 10.1. The van der Waals surface area contributed by atoms with Gasteiger partial charge in [0.2, 0.25) is 0 Å². The largest absolute Gasteiger partial charge is 0.496 e. The molecule has 6 heteroatoms. The predicted octanol–water partition coefficient (Wildman–Crippen LogP) is 3.43. The van der Waals surface area contributed by atoms with E-state index in [0.717, 1.165) is 12.8 Å². The van der Waals surface area contributed by atoms with Crippen molar-refractivity contribution in [2.75, 3.05) is 20.8 Å². The van der Waals surface area contributed by atoms with E-state index in [1.165, 1.54) is 31.3 Å². The van der Waals surface area contributed by atoms with Gasteiger partial charge in [0.15, 0.2) is 0 Å². The number of hydrogen-bond donors (Lipinski definition) is 0. The molecule has 1 aliphatic heterocycles. The number of hydrogen-bond acceptors (Lipinski definition) is 5. The molecule has 0 bridgehead atoms. The van der Waals surface area contributed by atoms with Crippen LogP contribution >= 0.6 is 0 Å². The molecule has 140 valence electrons. The van der Waals surface area contributed by atoms with Gasteiger partial charge in [-0.15, -0.1) is 0 Å². The van der Waals surface area contributed by atoms with Gasteiger partial charge in [-0.05, 0) is 30.2 Å². The minimum Gasteiger partial charge on any atom is -0.496 e. The van der Waals surface area contributed by atoms with Crippen molar-refractivity contribution >= 4 is 34.6 Å². The van der Waals surface area contributed by atoms with Gasteiger partial charge in [-0.2, -0.15) is 0 Å². The van der Waals surface area contributed by atoms with Gasteiger partial charge in [0.1, 0.15) is 5.75 Å². The van der Waals surface area contributed by atoms with E-state index < -0.39 is 5.97 Å². The number of unbranched alkanes of at least 4 members (excludes halogenated alkanes) is 1. The summed E-state index contributed by atoms with van der Waals surface area (Å²) in [5.74, 6) is -0.661. The number of amides is 2. The zero-order valence-electron chi connectivity index (χ0n) is 15.6. The van der Waals surface area contributed by atoms with E-state index in [4.69, 9.17) is 4.74 Å². The van der Waals surface area contributed by atoms with Crippen molar-refractivity contribution in [3.63, 3.8) is 0 Å². The van der Waals surface area contributed by atoms with Crippen LogP contribution in [0.15, 0.2) is 30.3 Å². The Hall–Kier alpha value is -3.15. The Bertz CT molecular complexity index is 961. The number of ether oxygens (including phenoxy) is 2. The lowest BCUT2D eigenvalue weighted by Gasteiger charge is -2.28. The summed E-state index contributed by atoms with van der Waals surface area (Å²) in [6.45, 7) is 2.36. The summed E-state index contributed by atoms with van der Waals surface area (Å²) >= 11 is 0. The highest BCUT2D eigenvalue weighted by molar-refractivity contribution is 6.27. The number of carbonyl (C=O) groups is 3. The van der Waals surface area contributed by atoms with Crippen molar-refractivity contribution in [2.24, 2.45) is 0 Å². The van der Waals surface area contributed by atoms with Crippen molar-refractivity contribution in [2.45, 2.75) is 19.8 Å². The Morgan fingerprint density at radius 1 is 1.19 bits per heavy atom. The summed E-state index contributed by atoms with van der Waals surface area (Å²) in [6, 6.07) is 7.01. The average molecular weight is 367 g/mol. The van der Waals surface area contributed by atoms with Crippen LogP contribution in [-0.2, 0) is 9.53 Å². The van der Waals surface area contributed by atoms with E-state index in [1.807, 2.05) is 13.0 Å². The highest BCUT2D eigenvalue weighted by Gasteiger charge is 2.34. The molecule has 0 saturated heterocycles. The highest BCUT2D eigenvalue weighted by Crippen LogP contribution is 2.38. The van der Waals surface area contributed by atoms with Crippen LogP contribution < -0.4 is 4.74 Å². The fraction of sp³-hybridized carbons (Fsp3) is 0.286. The summed E-state index contributed by atoms with van der Waals surface area (Å²) in [7, 11) is 2.81. The number of rotatable bonds is 6. The van der Waals surface area contributed by atoms with E-state index in [9.17, 15) is 14.4 Å². The molecule has 0 N–H and O–H groups in total. The third-order valence-corrected chi connectivity index (χ3v) is 4.65. The van der Waals surface area contributed by atoms with Crippen LogP contribution in [0.5, 0.6) is 5.75 Å². The first-order valence-corrected chi connectivity index (χ1v) is 8.79. The number of nitrogens with zero attached hydrogens (tertiary/aromatic N) is 1. The second-order valence-corrected chi connectivity index (χ2v) is 6.24. The summed E-state index contributed by atoms with van der Waals surface area (Å²) in [5, 5.41) is 1.25. The second-order valence-electron chi connectivity index (χ2n) is 6.24. The minimum atomic E-state index is -0.531. The predicted molar refractivity (Wildman–Crippen MR) is 102 cm³/mol. The molecule has 0 fully saturated rings. The lowest BCUT2D eigenvalue weighted by Crippen LogP contribution is -2.41. The van der Waals surface area contributed by atoms with Crippen LogP contribution in [0.4, 0.5) is 0 Å². The van der Waals surface area contributed by atoms with Crippen LogP contribution in [0.3, 0.4) is 0 Å². The van der Waals surface area contributed by atoms with Crippen LogP contribution in [0.2, 0.25) is 0 Å². The van der Waals surface area contributed by atoms with Gasteiger partial charge < -0.3 is 9.47 Å². The molecule has 27 heavy (non-hydrogen) atoms. The summed E-state index contributed by atoms with van der Waals surface area (Å²) in [4.78, 5) is 38.9. The molecule has 2 amide bonds. The van der Waals surface area contributed by atoms with Gasteiger partial charge in [0.25, 0.3) is 11.8 Å². The van der Waals surface area contributed by atoms with Crippen molar-refractivity contribution in [1.82, 2.24) is 4.90 Å². The fourth-order valence-electron chi connectivity index (χ4n) is 3.29. The molecular formula is C21H21NO5. The van der Waals surface area contributed by atoms with E-state index in [1.54, 1.807) is 18.2 Å². The van der Waals surface area contributed by atoms with Crippen LogP contribution in [0.25, 0.3) is 16.8 Å². The summed E-state index contributed by atoms with van der Waals surface area (Å²) in [5.41, 5.74) is 1.37. The smallest absolute Gasteiger partial charge is 0.330 e. The number of methoxy groups -OCH3 is 2. The monoisotopic (exact) mass is 367 g/mol. The molecule has 0 radical (unpaired) electrons. The van der Waals surface area contributed by atoms with Gasteiger partial charge in [-0.1, -0.05) is 25.5 Å². The maximum Gasteiger partial charge on any atom is 0.330 e. The Kier molecular flexibility index (Phi) is 5.26. The number of imide groups is 1. The van der Waals surface area contributed by atoms with Crippen molar-refractivity contribution < 1.29 is 23.9 Å². The first-order valence-electron chi connectivity index (χ1n) is 8.79. The lowest BCUT2D eigenvalue weighted by molar-refractivity contribution is -0.134. The van der Waals surface area contributed by atoms with Gasteiger partial charge in [0.05, 0.1) is 19.8 Å². The molecule has 0 unspecified atom stereocenters. The molecule has 1 heterocycles. The number of carbonyl (C=O) groups excluding carboxylic acids is 3. The molecule has 0 saturated carbocycles. The Morgan fingerprint density at radius 3 is 2.63 bits per heavy atom. The van der Waals surface area contributed by atoms with Crippen LogP contribution in [-0.4, -0.2) is 43.4 Å². The molecule has 3 rings (SSSR count). The van der Waals surface area contributed by atoms with Crippen LogP contribution in [0.1, 0.15) is 46.0 Å².